The van der Waals surface area contributed by atoms with Crippen molar-refractivity contribution in [3.63, 3.8) is 0 Å². The van der Waals surface area contributed by atoms with Crippen LogP contribution < -0.4 is 11.1 Å². The van der Waals surface area contributed by atoms with Crippen molar-refractivity contribution >= 4 is 22.8 Å². The number of nitrogen functional groups attached to an aromatic ring is 1. The molecule has 8 heteroatoms. The maximum atomic E-state index is 12.5. The second kappa shape index (κ2) is 7.15. The summed E-state index contributed by atoms with van der Waals surface area (Å²) >= 11 is 0. The molecule has 3 aromatic heterocycles. The number of aromatic nitrogens is 5. The van der Waals surface area contributed by atoms with Crippen LogP contribution in [-0.4, -0.2) is 30.6 Å². The minimum absolute atomic E-state index is 0.176. The van der Waals surface area contributed by atoms with Gasteiger partial charge in [0.1, 0.15) is 5.82 Å². The SMILES string of the molecule is Cc1cc(N)nc(C)c1CNC(=O)c1cnn(Cc2ccc3[nH]cnc3c2)c1. The number of imidazole rings is 1. The third-order valence-electron chi connectivity index (χ3n) is 4.73. The summed E-state index contributed by atoms with van der Waals surface area (Å²) in [6.07, 6.45) is 4.99. The molecule has 0 saturated carbocycles. The van der Waals surface area contributed by atoms with E-state index in [-0.39, 0.29) is 5.91 Å². The first-order valence-electron chi connectivity index (χ1n) is 8.95. The van der Waals surface area contributed by atoms with E-state index in [2.05, 4.69) is 25.4 Å². The van der Waals surface area contributed by atoms with Crippen LogP contribution in [-0.2, 0) is 13.1 Å². The minimum Gasteiger partial charge on any atom is -0.384 e. The maximum absolute atomic E-state index is 12.5. The Morgan fingerprint density at radius 3 is 2.96 bits per heavy atom. The quantitative estimate of drug-likeness (QED) is 0.495. The average Bonchev–Trinajstić information content (AvgIpc) is 3.29. The highest BCUT2D eigenvalue weighted by Crippen LogP contribution is 2.15. The Balaban J connectivity index is 1.43. The van der Waals surface area contributed by atoms with Crippen LogP contribution in [0.25, 0.3) is 11.0 Å². The number of rotatable bonds is 5. The van der Waals surface area contributed by atoms with Gasteiger partial charge in [0.15, 0.2) is 0 Å². The number of nitrogens with two attached hydrogens (primary N) is 1. The fraction of sp³-hybridized carbons (Fsp3) is 0.200. The van der Waals surface area contributed by atoms with Gasteiger partial charge >= 0.3 is 0 Å². The predicted molar refractivity (Wildman–Crippen MR) is 107 cm³/mol. The van der Waals surface area contributed by atoms with Crippen molar-refractivity contribution in [1.82, 2.24) is 30.0 Å². The van der Waals surface area contributed by atoms with Crippen molar-refractivity contribution in [2.45, 2.75) is 26.9 Å². The molecule has 0 saturated heterocycles. The van der Waals surface area contributed by atoms with Gasteiger partial charge in [0.05, 0.1) is 35.7 Å². The van der Waals surface area contributed by atoms with Crippen LogP contribution in [0.15, 0.2) is 43.0 Å². The van der Waals surface area contributed by atoms with Gasteiger partial charge in [-0.2, -0.15) is 5.10 Å². The molecule has 1 amide bonds. The lowest BCUT2D eigenvalue weighted by atomic mass is 10.1. The fourth-order valence-corrected chi connectivity index (χ4v) is 3.26. The van der Waals surface area contributed by atoms with Crippen LogP contribution in [0, 0.1) is 13.8 Å². The molecule has 4 N–H and O–H groups in total. The highest BCUT2D eigenvalue weighted by atomic mass is 16.1. The Labute approximate surface area is 161 Å². The molecular weight excluding hydrogens is 354 g/mol. The number of aryl methyl sites for hydroxylation is 2. The molecule has 3 heterocycles. The molecule has 0 bridgehead atoms. The number of nitrogens with zero attached hydrogens (tertiary/aromatic N) is 4. The van der Waals surface area contributed by atoms with Crippen LogP contribution in [0.3, 0.4) is 0 Å². The Morgan fingerprint density at radius 1 is 1.29 bits per heavy atom. The number of carbonyl (C=O) groups excluding carboxylic acids is 1. The van der Waals surface area contributed by atoms with Crippen molar-refractivity contribution in [3.8, 4) is 0 Å². The van der Waals surface area contributed by atoms with E-state index >= 15 is 0 Å². The number of H-pyrrole nitrogens is 1. The van der Waals surface area contributed by atoms with Gasteiger partial charge in [0, 0.05) is 18.4 Å². The smallest absolute Gasteiger partial charge is 0.254 e. The van der Waals surface area contributed by atoms with Gasteiger partial charge in [-0.1, -0.05) is 6.07 Å². The Kier molecular flexibility index (Phi) is 4.52. The van der Waals surface area contributed by atoms with Gasteiger partial charge in [-0.3, -0.25) is 9.48 Å². The number of anilines is 1. The maximum Gasteiger partial charge on any atom is 0.254 e. The van der Waals surface area contributed by atoms with Gasteiger partial charge in [-0.05, 0) is 48.7 Å². The summed E-state index contributed by atoms with van der Waals surface area (Å²) < 4.78 is 1.74. The highest BCUT2D eigenvalue weighted by molar-refractivity contribution is 5.93. The van der Waals surface area contributed by atoms with E-state index in [1.165, 1.54) is 0 Å². The summed E-state index contributed by atoms with van der Waals surface area (Å²) in [7, 11) is 0. The van der Waals surface area contributed by atoms with E-state index in [1.807, 2.05) is 38.1 Å². The molecule has 0 fully saturated rings. The number of aromatic amines is 1. The van der Waals surface area contributed by atoms with E-state index in [0.29, 0.717) is 24.5 Å². The molecule has 28 heavy (non-hydrogen) atoms. The minimum atomic E-state index is -0.176. The zero-order chi connectivity index (χ0) is 19.7. The molecule has 0 aliphatic heterocycles. The number of amides is 1. The number of benzene rings is 1. The standard InChI is InChI=1S/C20H21N7O/c1-12-5-19(21)26-13(2)16(12)8-22-20(28)15-7-25-27(10-15)9-14-3-4-17-18(6-14)24-11-23-17/h3-7,10-11H,8-9H2,1-2H3,(H2,21,26)(H,22,28)(H,23,24). The van der Waals surface area contributed by atoms with E-state index < -0.39 is 0 Å². The summed E-state index contributed by atoms with van der Waals surface area (Å²) in [6, 6.07) is 7.82. The summed E-state index contributed by atoms with van der Waals surface area (Å²) in [5, 5.41) is 7.23. The summed E-state index contributed by atoms with van der Waals surface area (Å²) in [4.78, 5) is 24.1. The van der Waals surface area contributed by atoms with Crippen molar-refractivity contribution in [3.05, 3.63) is 70.9 Å². The summed E-state index contributed by atoms with van der Waals surface area (Å²) in [5.41, 5.74) is 12.0. The zero-order valence-corrected chi connectivity index (χ0v) is 15.7. The number of fused-ring (bicyclic) bond motifs is 1. The molecule has 4 aromatic rings. The number of carbonyl (C=O) groups is 1. The van der Waals surface area contributed by atoms with Crippen LogP contribution in [0.5, 0.6) is 0 Å². The Morgan fingerprint density at radius 2 is 2.14 bits per heavy atom. The number of hydrogen-bond acceptors (Lipinski definition) is 5. The molecular formula is C20H21N7O. The van der Waals surface area contributed by atoms with Gasteiger partial charge in [-0.25, -0.2) is 9.97 Å². The van der Waals surface area contributed by atoms with E-state index in [4.69, 9.17) is 5.73 Å². The van der Waals surface area contributed by atoms with Gasteiger partial charge < -0.3 is 16.0 Å². The normalized spacial score (nSPS) is 11.1. The molecule has 1 aromatic carbocycles. The van der Waals surface area contributed by atoms with E-state index in [1.54, 1.807) is 23.4 Å². The third-order valence-corrected chi connectivity index (χ3v) is 4.73. The lowest BCUT2D eigenvalue weighted by Crippen LogP contribution is -2.23. The van der Waals surface area contributed by atoms with Crippen LogP contribution >= 0.6 is 0 Å². The highest BCUT2D eigenvalue weighted by Gasteiger charge is 2.11. The molecule has 0 aliphatic carbocycles. The Bertz CT molecular complexity index is 1140. The first-order valence-corrected chi connectivity index (χ1v) is 8.95. The fourth-order valence-electron chi connectivity index (χ4n) is 3.26. The molecule has 4 rings (SSSR count). The number of pyridine rings is 1. The van der Waals surface area contributed by atoms with E-state index in [9.17, 15) is 4.79 Å². The third kappa shape index (κ3) is 3.57. The molecule has 0 unspecified atom stereocenters. The second-order valence-electron chi connectivity index (χ2n) is 6.79. The van der Waals surface area contributed by atoms with E-state index in [0.717, 1.165) is 33.4 Å². The van der Waals surface area contributed by atoms with Crippen molar-refractivity contribution in [2.24, 2.45) is 0 Å². The molecule has 0 atom stereocenters. The summed E-state index contributed by atoms with van der Waals surface area (Å²) in [6.45, 7) is 4.81. The monoisotopic (exact) mass is 375 g/mol. The van der Waals surface area contributed by atoms with Gasteiger partial charge in [-0.15, -0.1) is 0 Å². The molecule has 142 valence electrons. The van der Waals surface area contributed by atoms with Crippen LogP contribution in [0.4, 0.5) is 5.82 Å². The molecule has 8 nitrogen and oxygen atoms in total. The zero-order valence-electron chi connectivity index (χ0n) is 15.7. The number of hydrogen-bond donors (Lipinski definition) is 3. The van der Waals surface area contributed by atoms with Gasteiger partial charge in [0.25, 0.3) is 5.91 Å². The first-order chi connectivity index (χ1) is 13.5. The van der Waals surface area contributed by atoms with Crippen molar-refractivity contribution in [1.29, 1.82) is 0 Å². The lowest BCUT2D eigenvalue weighted by molar-refractivity contribution is 0.0950. The average molecular weight is 375 g/mol. The predicted octanol–water partition coefficient (Wildman–Crippen LogP) is 2.33. The van der Waals surface area contributed by atoms with Crippen LogP contribution in [0.2, 0.25) is 0 Å². The second-order valence-corrected chi connectivity index (χ2v) is 6.79. The lowest BCUT2D eigenvalue weighted by Gasteiger charge is -2.11. The largest absolute Gasteiger partial charge is 0.384 e. The summed E-state index contributed by atoms with van der Waals surface area (Å²) in [5.74, 6) is 0.309. The topological polar surface area (TPSA) is 115 Å². The van der Waals surface area contributed by atoms with Crippen molar-refractivity contribution < 1.29 is 4.79 Å². The molecule has 0 spiro atoms. The van der Waals surface area contributed by atoms with Crippen molar-refractivity contribution in [2.75, 3.05) is 5.73 Å². The molecule has 0 aliphatic rings. The first kappa shape index (κ1) is 17.7. The number of nitrogens with one attached hydrogen (secondary N) is 2. The van der Waals surface area contributed by atoms with Gasteiger partial charge in [0.2, 0.25) is 0 Å². The Hall–Kier alpha value is -3.68. The van der Waals surface area contributed by atoms with Crippen LogP contribution in [0.1, 0.15) is 32.7 Å². The molecule has 0 radical (unpaired) electrons.